The summed E-state index contributed by atoms with van der Waals surface area (Å²) in [7, 11) is 0. The molecule has 2 heterocycles. The highest BCUT2D eigenvalue weighted by Gasteiger charge is 2.37. The summed E-state index contributed by atoms with van der Waals surface area (Å²) in [5, 5.41) is 3.91. The van der Waals surface area contributed by atoms with Crippen LogP contribution in [0, 0.1) is 5.41 Å². The van der Waals surface area contributed by atoms with Gasteiger partial charge >= 0.3 is 0 Å². The number of carbonyl (C=O) groups excluding carboxylic acids is 1. The van der Waals surface area contributed by atoms with E-state index < -0.39 is 0 Å². The van der Waals surface area contributed by atoms with Crippen LogP contribution < -0.4 is 0 Å². The first-order valence-electron chi connectivity index (χ1n) is 5.18. The van der Waals surface area contributed by atoms with E-state index in [0.29, 0.717) is 0 Å². The fourth-order valence-electron chi connectivity index (χ4n) is 2.17. The van der Waals surface area contributed by atoms with Gasteiger partial charge in [-0.05, 0) is 18.6 Å². The predicted molar refractivity (Wildman–Crippen MR) is 58.2 cm³/mol. The third-order valence-corrected chi connectivity index (χ3v) is 3.01. The fraction of sp³-hybridized carbons (Fsp3) is 0.250. The van der Waals surface area contributed by atoms with Crippen molar-refractivity contribution in [3.8, 4) is 0 Å². The Morgan fingerprint density at radius 3 is 2.81 bits per heavy atom. The number of nitrogens with zero attached hydrogens (tertiary/aromatic N) is 2. The van der Waals surface area contributed by atoms with Gasteiger partial charge in [0.2, 0.25) is 0 Å². The second-order valence-corrected chi connectivity index (χ2v) is 3.97. The van der Waals surface area contributed by atoms with E-state index in [9.17, 15) is 4.79 Å². The van der Waals surface area contributed by atoms with Crippen LogP contribution in [0.25, 0.3) is 0 Å². The molecule has 0 bridgehead atoms. The Kier molecular flexibility index (Phi) is 1.89. The number of allylic oxidation sites excluding steroid dienone is 4. The minimum Gasteiger partial charge on any atom is -0.364 e. The van der Waals surface area contributed by atoms with Crippen LogP contribution in [0.4, 0.5) is 0 Å². The number of hydrogen-bond donors (Lipinski definition) is 0. The van der Waals surface area contributed by atoms with Crippen LogP contribution in [0.5, 0.6) is 0 Å². The molecule has 4 nitrogen and oxygen atoms in total. The third kappa shape index (κ3) is 1.26. The van der Waals surface area contributed by atoms with Gasteiger partial charge in [0.15, 0.2) is 5.78 Å². The molecule has 0 N–H and O–H groups in total. The number of ketones is 1. The third-order valence-electron chi connectivity index (χ3n) is 3.01. The van der Waals surface area contributed by atoms with Gasteiger partial charge in [0.25, 0.3) is 0 Å². The Balaban J connectivity index is 2.04. The molecule has 0 aromatic carbocycles. The summed E-state index contributed by atoms with van der Waals surface area (Å²) in [5.41, 5.74) is 1.38. The molecule has 1 aliphatic carbocycles. The minimum absolute atomic E-state index is 0.0250. The lowest BCUT2D eigenvalue weighted by Gasteiger charge is -2.23. The molecule has 1 aliphatic heterocycles. The molecule has 4 heteroatoms. The smallest absolute Gasteiger partial charge is 0.178 e. The lowest BCUT2D eigenvalue weighted by Crippen LogP contribution is -2.26. The largest absolute Gasteiger partial charge is 0.364 e. The van der Waals surface area contributed by atoms with Crippen molar-refractivity contribution >= 4 is 11.5 Å². The Bertz CT molecular complexity index is 493. The zero-order valence-corrected chi connectivity index (χ0v) is 8.59. The Labute approximate surface area is 92.3 Å². The van der Waals surface area contributed by atoms with Gasteiger partial charge in [0.05, 0.1) is 11.1 Å². The zero-order chi connectivity index (χ0) is 11.0. The maximum atomic E-state index is 11.1. The van der Waals surface area contributed by atoms with Crippen molar-refractivity contribution in [2.75, 3.05) is 6.54 Å². The Morgan fingerprint density at radius 2 is 2.12 bits per heavy atom. The van der Waals surface area contributed by atoms with Crippen molar-refractivity contribution in [3.63, 3.8) is 0 Å². The molecule has 1 aromatic heterocycles. The van der Waals surface area contributed by atoms with Crippen molar-refractivity contribution in [2.24, 2.45) is 10.4 Å². The summed E-state index contributed by atoms with van der Waals surface area (Å²) in [6.07, 6.45) is 9.44. The maximum absolute atomic E-state index is 11.1. The minimum atomic E-state index is -0.259. The van der Waals surface area contributed by atoms with Crippen LogP contribution in [0.15, 0.2) is 46.1 Å². The van der Waals surface area contributed by atoms with Crippen LogP contribution in [-0.2, 0) is 4.79 Å². The van der Waals surface area contributed by atoms with Gasteiger partial charge in [0.1, 0.15) is 12.0 Å². The molecular weight excluding hydrogens is 204 g/mol. The Morgan fingerprint density at radius 1 is 1.31 bits per heavy atom. The number of hydrogen-bond acceptors (Lipinski definition) is 4. The number of rotatable bonds is 1. The molecule has 0 unspecified atom stereocenters. The summed E-state index contributed by atoms with van der Waals surface area (Å²) in [4.78, 5) is 15.6. The summed E-state index contributed by atoms with van der Waals surface area (Å²) in [5.74, 6) is 0.0250. The molecule has 0 amide bonds. The lowest BCUT2D eigenvalue weighted by molar-refractivity contribution is -0.110. The summed E-state index contributed by atoms with van der Waals surface area (Å²) < 4.78 is 4.84. The normalized spacial score (nSPS) is 21.8. The molecule has 0 atom stereocenters. The molecule has 1 spiro atoms. The second kappa shape index (κ2) is 3.27. The highest BCUT2D eigenvalue weighted by atomic mass is 16.5. The van der Waals surface area contributed by atoms with Crippen LogP contribution in [0.2, 0.25) is 0 Å². The zero-order valence-electron chi connectivity index (χ0n) is 8.59. The van der Waals surface area contributed by atoms with Gasteiger partial charge in [-0.1, -0.05) is 17.3 Å². The molecule has 0 saturated carbocycles. The van der Waals surface area contributed by atoms with E-state index in [2.05, 4.69) is 10.1 Å². The van der Waals surface area contributed by atoms with E-state index in [-0.39, 0.29) is 11.2 Å². The van der Waals surface area contributed by atoms with Crippen LogP contribution in [0.3, 0.4) is 0 Å². The first-order chi connectivity index (χ1) is 7.80. The van der Waals surface area contributed by atoms with Gasteiger partial charge in [-0.15, -0.1) is 0 Å². The van der Waals surface area contributed by atoms with E-state index in [1.165, 1.54) is 6.26 Å². The topological polar surface area (TPSA) is 55.5 Å². The lowest BCUT2D eigenvalue weighted by atomic mass is 9.77. The van der Waals surface area contributed by atoms with Gasteiger partial charge in [-0.25, -0.2) is 0 Å². The van der Waals surface area contributed by atoms with Crippen molar-refractivity contribution in [2.45, 2.75) is 6.42 Å². The Hall–Kier alpha value is -1.97. The predicted octanol–water partition coefficient (Wildman–Crippen LogP) is 1.55. The van der Waals surface area contributed by atoms with E-state index in [1.54, 1.807) is 18.2 Å². The van der Waals surface area contributed by atoms with Crippen molar-refractivity contribution in [1.82, 2.24) is 5.16 Å². The average Bonchev–Trinajstić information content (AvgIpc) is 2.92. The molecular formula is C12H10N2O2. The number of aromatic nitrogens is 1. The summed E-state index contributed by atoms with van der Waals surface area (Å²) >= 11 is 0. The SMILES string of the molecule is O=C1C=CC2(C=C1)CCN=C2c1ccon1. The van der Waals surface area contributed by atoms with Gasteiger partial charge < -0.3 is 4.52 Å². The highest BCUT2D eigenvalue weighted by molar-refractivity contribution is 6.10. The van der Waals surface area contributed by atoms with E-state index >= 15 is 0 Å². The molecule has 0 fully saturated rings. The molecule has 2 aliphatic rings. The first-order valence-corrected chi connectivity index (χ1v) is 5.18. The quantitative estimate of drug-likeness (QED) is 0.712. The maximum Gasteiger partial charge on any atom is 0.178 e. The summed E-state index contributed by atoms with van der Waals surface area (Å²) in [6, 6.07) is 1.80. The number of aliphatic imine (C=N–C) groups is 1. The average molecular weight is 214 g/mol. The van der Waals surface area contributed by atoms with E-state index in [0.717, 1.165) is 24.4 Å². The van der Waals surface area contributed by atoms with Crippen molar-refractivity contribution < 1.29 is 9.32 Å². The van der Waals surface area contributed by atoms with Crippen molar-refractivity contribution in [3.05, 3.63) is 42.3 Å². The molecule has 3 rings (SSSR count). The standard InChI is InChI=1S/C12H10N2O2/c15-9-1-4-12(5-2-9)6-7-13-11(12)10-3-8-16-14-10/h1-5,8H,6-7H2. The van der Waals surface area contributed by atoms with Gasteiger partial charge in [0, 0.05) is 12.6 Å². The first kappa shape index (κ1) is 9.27. The van der Waals surface area contributed by atoms with Crippen molar-refractivity contribution in [1.29, 1.82) is 0 Å². The van der Waals surface area contributed by atoms with Gasteiger partial charge in [-0.3, -0.25) is 9.79 Å². The molecule has 16 heavy (non-hydrogen) atoms. The molecule has 80 valence electrons. The molecule has 0 saturated heterocycles. The summed E-state index contributed by atoms with van der Waals surface area (Å²) in [6.45, 7) is 0.755. The van der Waals surface area contributed by atoms with Crippen LogP contribution in [0.1, 0.15) is 12.1 Å². The van der Waals surface area contributed by atoms with E-state index in [1.807, 2.05) is 12.2 Å². The van der Waals surface area contributed by atoms with Gasteiger partial charge in [-0.2, -0.15) is 0 Å². The van der Waals surface area contributed by atoms with Crippen LogP contribution >= 0.6 is 0 Å². The molecule has 1 aromatic rings. The van der Waals surface area contributed by atoms with Crippen LogP contribution in [-0.4, -0.2) is 23.2 Å². The molecule has 0 radical (unpaired) electrons. The monoisotopic (exact) mass is 214 g/mol. The highest BCUT2D eigenvalue weighted by Crippen LogP contribution is 2.37. The van der Waals surface area contributed by atoms with E-state index in [4.69, 9.17) is 4.52 Å². The number of carbonyl (C=O) groups is 1. The second-order valence-electron chi connectivity index (χ2n) is 3.97. The fourth-order valence-corrected chi connectivity index (χ4v) is 2.17.